The van der Waals surface area contributed by atoms with E-state index in [1.165, 1.54) is 6.26 Å². The summed E-state index contributed by atoms with van der Waals surface area (Å²) in [5.41, 5.74) is 3.93. The first kappa shape index (κ1) is 21.4. The minimum absolute atomic E-state index is 0.124. The van der Waals surface area contributed by atoms with Crippen LogP contribution < -0.4 is 14.5 Å². The number of nitrogens with one attached hydrogen (secondary N) is 2. The Morgan fingerprint density at radius 1 is 1.31 bits per heavy atom. The van der Waals surface area contributed by atoms with E-state index in [1.54, 1.807) is 6.33 Å². The van der Waals surface area contributed by atoms with E-state index in [2.05, 4.69) is 41.4 Å². The largest absolute Gasteiger partial charge is 0.363 e. The molecule has 2 aliphatic heterocycles. The van der Waals surface area contributed by atoms with Crippen molar-refractivity contribution in [3.05, 3.63) is 41.1 Å². The zero-order chi connectivity index (χ0) is 22.5. The first-order valence-corrected chi connectivity index (χ1v) is 13.0. The van der Waals surface area contributed by atoms with Gasteiger partial charge in [-0.2, -0.15) is 0 Å². The lowest BCUT2D eigenvalue weighted by Gasteiger charge is -2.40. The second-order valence-corrected chi connectivity index (χ2v) is 10.9. The maximum atomic E-state index is 11.7. The number of aromatic amines is 1. The van der Waals surface area contributed by atoms with E-state index >= 15 is 0 Å². The molecule has 2 N–H and O–H groups in total. The molecule has 5 heterocycles. The van der Waals surface area contributed by atoms with E-state index in [-0.39, 0.29) is 12.1 Å². The lowest BCUT2D eigenvalue weighted by Crippen LogP contribution is -2.48. The summed E-state index contributed by atoms with van der Waals surface area (Å²) in [6, 6.07) is 4.03. The number of H-pyrrole nitrogens is 1. The fraction of sp³-hybridized carbons (Fsp3) is 0.476. The number of pyridine rings is 1. The number of fused-ring (bicyclic) bond motifs is 2. The van der Waals surface area contributed by atoms with Gasteiger partial charge in [0.2, 0.25) is 10.0 Å². The summed E-state index contributed by atoms with van der Waals surface area (Å²) in [7, 11) is -3.26. The first-order chi connectivity index (χ1) is 15.3. The van der Waals surface area contributed by atoms with Crippen LogP contribution in [0.25, 0.3) is 11.0 Å². The molecule has 3 aromatic heterocycles. The molecular formula is C21H26ClN7O2S. The highest BCUT2D eigenvalue weighted by molar-refractivity contribution is 7.88. The van der Waals surface area contributed by atoms with Crippen LogP contribution in [0, 0.1) is 0 Å². The summed E-state index contributed by atoms with van der Waals surface area (Å²) in [6.45, 7) is 4.26. The first-order valence-electron chi connectivity index (χ1n) is 10.7. The fourth-order valence-corrected chi connectivity index (χ4v) is 5.87. The van der Waals surface area contributed by atoms with Crippen LogP contribution >= 0.6 is 11.6 Å². The topological polar surface area (TPSA) is 107 Å². The third-order valence-corrected chi connectivity index (χ3v) is 7.20. The summed E-state index contributed by atoms with van der Waals surface area (Å²) in [5.74, 6) is 0.886. The number of aromatic nitrogens is 4. The quantitative estimate of drug-likeness (QED) is 0.558. The molecule has 0 saturated carbocycles. The van der Waals surface area contributed by atoms with Crippen molar-refractivity contribution in [2.24, 2.45) is 0 Å². The van der Waals surface area contributed by atoms with Crippen molar-refractivity contribution < 1.29 is 8.42 Å². The second kappa shape index (κ2) is 8.17. The highest BCUT2D eigenvalue weighted by atomic mass is 35.5. The van der Waals surface area contributed by atoms with Gasteiger partial charge in [0.1, 0.15) is 22.9 Å². The third-order valence-electron chi connectivity index (χ3n) is 6.25. The molecule has 2 aliphatic rings. The molecule has 0 aliphatic carbocycles. The minimum atomic E-state index is -3.26. The molecule has 11 heteroatoms. The smallest absolute Gasteiger partial charge is 0.209 e. The average molecular weight is 476 g/mol. The monoisotopic (exact) mass is 475 g/mol. The van der Waals surface area contributed by atoms with Crippen LogP contribution in [-0.4, -0.2) is 59.8 Å². The molecule has 9 nitrogen and oxygen atoms in total. The molecule has 2 atom stereocenters. The SMILES string of the molecule is C[C@@H]1Cc2ncnc(N3CCC[C@H](NS(C)(=O)=O)C3)c2CN1c1cc(Cl)nc2[nH]ccc12. The van der Waals surface area contributed by atoms with Gasteiger partial charge in [-0.1, -0.05) is 11.6 Å². The number of anilines is 2. The van der Waals surface area contributed by atoms with Crippen LogP contribution in [-0.2, 0) is 23.0 Å². The number of hydrogen-bond acceptors (Lipinski definition) is 7. The van der Waals surface area contributed by atoms with Gasteiger partial charge in [0, 0.05) is 55.3 Å². The predicted molar refractivity (Wildman–Crippen MR) is 126 cm³/mol. The van der Waals surface area contributed by atoms with Crippen molar-refractivity contribution in [2.75, 3.05) is 29.1 Å². The van der Waals surface area contributed by atoms with Gasteiger partial charge in [-0.05, 0) is 31.9 Å². The van der Waals surface area contributed by atoms with Gasteiger partial charge in [0.15, 0.2) is 0 Å². The van der Waals surface area contributed by atoms with Crippen molar-refractivity contribution >= 4 is 44.2 Å². The van der Waals surface area contributed by atoms with E-state index in [9.17, 15) is 8.42 Å². The zero-order valence-corrected chi connectivity index (χ0v) is 19.6. The Bertz CT molecular complexity index is 1260. The molecule has 32 heavy (non-hydrogen) atoms. The Morgan fingerprint density at radius 3 is 2.97 bits per heavy atom. The Labute approximate surface area is 192 Å². The number of sulfonamides is 1. The van der Waals surface area contributed by atoms with Gasteiger partial charge in [-0.3, -0.25) is 0 Å². The number of hydrogen-bond donors (Lipinski definition) is 2. The molecule has 0 bridgehead atoms. The number of rotatable bonds is 4. The van der Waals surface area contributed by atoms with Gasteiger partial charge in [0.25, 0.3) is 0 Å². The third kappa shape index (κ3) is 4.14. The highest BCUT2D eigenvalue weighted by Crippen LogP contribution is 2.36. The highest BCUT2D eigenvalue weighted by Gasteiger charge is 2.31. The standard InChI is InChI=1S/C21H26ClN7O2S/c1-13-8-17-16(11-29(13)18-9-19(22)26-20-15(18)5-6-23-20)21(25-12-24-17)28-7-3-4-14(10-28)27-32(2,30)31/h5-6,9,12-14,27H,3-4,7-8,10-11H2,1-2H3,(H,23,26)/t13-,14+/m1/s1. The summed E-state index contributed by atoms with van der Waals surface area (Å²) >= 11 is 6.32. The molecule has 3 aromatic rings. The normalized spacial score (nSPS) is 21.7. The van der Waals surface area contributed by atoms with Gasteiger partial charge >= 0.3 is 0 Å². The molecule has 0 unspecified atom stereocenters. The molecule has 5 rings (SSSR count). The Morgan fingerprint density at radius 2 is 2.16 bits per heavy atom. The molecule has 0 amide bonds. The number of nitrogens with zero attached hydrogens (tertiary/aromatic N) is 5. The van der Waals surface area contributed by atoms with Crippen LogP contribution in [0.15, 0.2) is 24.7 Å². The summed E-state index contributed by atoms with van der Waals surface area (Å²) < 4.78 is 26.2. The Balaban J connectivity index is 1.49. The second-order valence-electron chi connectivity index (χ2n) is 8.68. The lowest BCUT2D eigenvalue weighted by molar-refractivity contribution is 0.463. The Kier molecular flexibility index (Phi) is 5.47. The van der Waals surface area contributed by atoms with Crippen molar-refractivity contribution in [3.8, 4) is 0 Å². The van der Waals surface area contributed by atoms with Crippen molar-refractivity contribution in [1.29, 1.82) is 0 Å². The summed E-state index contributed by atoms with van der Waals surface area (Å²) in [5, 5.41) is 1.47. The van der Waals surface area contributed by atoms with Gasteiger partial charge in [0.05, 0.1) is 17.6 Å². The van der Waals surface area contributed by atoms with Crippen LogP contribution in [0.2, 0.25) is 5.15 Å². The Hall–Kier alpha value is -2.43. The molecule has 0 spiro atoms. The van der Waals surface area contributed by atoms with E-state index in [1.807, 2.05) is 18.3 Å². The minimum Gasteiger partial charge on any atom is -0.363 e. The average Bonchev–Trinajstić information content (AvgIpc) is 3.19. The maximum Gasteiger partial charge on any atom is 0.209 e. The van der Waals surface area contributed by atoms with Gasteiger partial charge < -0.3 is 14.8 Å². The lowest BCUT2D eigenvalue weighted by atomic mass is 9.97. The van der Waals surface area contributed by atoms with Crippen molar-refractivity contribution in [1.82, 2.24) is 24.7 Å². The predicted octanol–water partition coefficient (Wildman–Crippen LogP) is 2.48. The van der Waals surface area contributed by atoms with Crippen molar-refractivity contribution in [2.45, 2.75) is 44.8 Å². The summed E-state index contributed by atoms with van der Waals surface area (Å²) in [4.78, 5) is 21.3. The van der Waals surface area contributed by atoms with Crippen LogP contribution in [0.3, 0.4) is 0 Å². The zero-order valence-electron chi connectivity index (χ0n) is 18.0. The van der Waals surface area contributed by atoms with Crippen LogP contribution in [0.4, 0.5) is 11.5 Å². The molecule has 0 radical (unpaired) electrons. The van der Waals surface area contributed by atoms with E-state index in [0.29, 0.717) is 18.2 Å². The van der Waals surface area contributed by atoms with Gasteiger partial charge in [-0.25, -0.2) is 28.1 Å². The molecule has 1 saturated heterocycles. The molecule has 170 valence electrons. The summed E-state index contributed by atoms with van der Waals surface area (Å²) in [6.07, 6.45) is 7.21. The molecule has 1 fully saturated rings. The van der Waals surface area contributed by atoms with Crippen molar-refractivity contribution in [3.63, 3.8) is 0 Å². The number of piperidine rings is 1. The van der Waals surface area contributed by atoms with Crippen LogP contribution in [0.1, 0.15) is 31.0 Å². The number of halogens is 1. The van der Waals surface area contributed by atoms with Crippen LogP contribution in [0.5, 0.6) is 0 Å². The maximum absolute atomic E-state index is 11.7. The molecule has 0 aromatic carbocycles. The van der Waals surface area contributed by atoms with E-state index in [0.717, 1.165) is 59.6 Å². The van der Waals surface area contributed by atoms with Gasteiger partial charge in [-0.15, -0.1) is 0 Å². The van der Waals surface area contributed by atoms with E-state index in [4.69, 9.17) is 11.6 Å². The fourth-order valence-electron chi connectivity index (χ4n) is 4.88. The van der Waals surface area contributed by atoms with E-state index < -0.39 is 10.0 Å². The molecular weight excluding hydrogens is 450 g/mol.